The number of fused-ring (bicyclic) bond motifs is 7. The van der Waals surface area contributed by atoms with Gasteiger partial charge in [-0.05, 0) is 67.9 Å². The summed E-state index contributed by atoms with van der Waals surface area (Å²) in [6, 6.07) is 9.84. The third kappa shape index (κ3) is 4.31. The number of Topliss-reactive ketones (excluding diaryl/α,β-unsaturated/α-hetero) is 1. The third-order valence-electron chi connectivity index (χ3n) is 11.6. The Kier molecular flexibility index (Phi) is 7.30. The van der Waals surface area contributed by atoms with E-state index in [1.807, 2.05) is 31.2 Å². The summed E-state index contributed by atoms with van der Waals surface area (Å²) in [6.07, 6.45) is 4.28. The van der Waals surface area contributed by atoms with Crippen LogP contribution >= 0.6 is 11.6 Å². The first kappa shape index (κ1) is 30.6. The fraction of sp³-hybridized carbons (Fsp3) is 0.486. The van der Waals surface area contributed by atoms with Gasteiger partial charge < -0.3 is 30.2 Å². The Bertz CT molecular complexity index is 1640. The molecule has 0 aromatic heterocycles. The second kappa shape index (κ2) is 10.7. The van der Waals surface area contributed by atoms with Gasteiger partial charge in [-0.2, -0.15) is 0 Å². The number of ether oxygens (including phenoxy) is 3. The standard InChI is InChI=1S/C35H37ClFNO7/c1-33-12-11-20(40)13-19(33)7-8-21-22-14-28-35(27(42)16-39,34(22,2)15-25(41)30(21)33)45-32(44-28)29-23(37)9-10-26(31(29)36)43-17-18-5-3-4-6-24(18)38/h3-6,9-13,21-22,25,28,30,32,39,41H,7-8,14-17,38H2,1-2H3/t21-,22-,25-,28+,30+,32+,33-,34-,35+/m0/s1. The van der Waals surface area contributed by atoms with Crippen LogP contribution in [0.5, 0.6) is 5.75 Å². The number of anilines is 1. The molecule has 1 aliphatic heterocycles. The topological polar surface area (TPSA) is 128 Å². The summed E-state index contributed by atoms with van der Waals surface area (Å²) >= 11 is 6.73. The van der Waals surface area contributed by atoms with E-state index in [2.05, 4.69) is 6.92 Å². The lowest BCUT2D eigenvalue weighted by Crippen LogP contribution is -2.63. The summed E-state index contributed by atoms with van der Waals surface area (Å²) in [4.78, 5) is 26.0. The molecular formula is C35H37ClFNO7. The number of carbonyl (C=O) groups excluding carboxylic acids is 2. The largest absolute Gasteiger partial charge is 0.487 e. The number of rotatable bonds is 6. The van der Waals surface area contributed by atoms with Crippen molar-refractivity contribution in [1.29, 1.82) is 0 Å². The molecule has 2 aromatic carbocycles. The summed E-state index contributed by atoms with van der Waals surface area (Å²) in [5, 5.41) is 22.0. The van der Waals surface area contributed by atoms with E-state index in [1.165, 1.54) is 12.1 Å². The number of ketones is 2. The fourth-order valence-electron chi connectivity index (χ4n) is 9.51. The summed E-state index contributed by atoms with van der Waals surface area (Å²) in [6.45, 7) is 3.29. The minimum Gasteiger partial charge on any atom is -0.487 e. The number of nitrogen functional groups attached to an aromatic ring is 1. The van der Waals surface area contributed by atoms with E-state index < -0.39 is 53.1 Å². The maximum absolute atomic E-state index is 15.5. The van der Waals surface area contributed by atoms with Crippen molar-refractivity contribution in [2.24, 2.45) is 28.6 Å². The Morgan fingerprint density at radius 2 is 2.00 bits per heavy atom. The van der Waals surface area contributed by atoms with Gasteiger partial charge in [-0.1, -0.05) is 55.3 Å². The smallest absolute Gasteiger partial charge is 0.193 e. The Balaban J connectivity index is 1.22. The van der Waals surface area contributed by atoms with Gasteiger partial charge in [-0.15, -0.1) is 0 Å². The second-order valence-electron chi connectivity index (χ2n) is 13.6. The number of nitrogens with two attached hydrogens (primary N) is 1. The molecule has 4 aliphatic carbocycles. The SMILES string of the molecule is C[C@]12C=CC(=O)C=C1CC[C@@H]1[C@@H]2[C@@H](O)C[C@@]2(C)[C@H]1C[C@H]1O[C@@H](c3c(F)ccc(OCc4ccccc4N)c3Cl)O[C@]12C(=O)CO. The van der Waals surface area contributed by atoms with E-state index in [0.717, 1.165) is 17.6 Å². The maximum Gasteiger partial charge on any atom is 0.193 e. The van der Waals surface area contributed by atoms with Crippen molar-refractivity contribution in [1.82, 2.24) is 0 Å². The first-order valence-electron chi connectivity index (χ1n) is 15.5. The van der Waals surface area contributed by atoms with Crippen molar-refractivity contribution < 1.29 is 38.4 Å². The van der Waals surface area contributed by atoms with Crippen LogP contribution in [0, 0.1) is 34.4 Å². The minimum absolute atomic E-state index is 0.000782. The van der Waals surface area contributed by atoms with Crippen molar-refractivity contribution in [3.05, 3.63) is 82.2 Å². The molecular weight excluding hydrogens is 601 g/mol. The molecule has 4 fully saturated rings. The van der Waals surface area contributed by atoms with Crippen LogP contribution < -0.4 is 10.5 Å². The molecule has 1 heterocycles. The average molecular weight is 638 g/mol. The average Bonchev–Trinajstić information content (AvgIpc) is 3.50. The van der Waals surface area contributed by atoms with Crippen LogP contribution in [0.1, 0.15) is 56.9 Å². The number of allylic oxidation sites excluding steroid dienone is 4. The van der Waals surface area contributed by atoms with Crippen LogP contribution in [0.3, 0.4) is 0 Å². The molecule has 5 aliphatic rings. The summed E-state index contributed by atoms with van der Waals surface area (Å²) in [5.74, 6) is -1.37. The number of hydrogen-bond donors (Lipinski definition) is 3. The van der Waals surface area contributed by atoms with Crippen LogP contribution in [-0.4, -0.2) is 46.2 Å². The second-order valence-corrected chi connectivity index (χ2v) is 14.0. The van der Waals surface area contributed by atoms with E-state index in [0.29, 0.717) is 18.5 Å². The van der Waals surface area contributed by atoms with Crippen LogP contribution in [0.2, 0.25) is 5.02 Å². The number of benzene rings is 2. The van der Waals surface area contributed by atoms with E-state index >= 15 is 4.39 Å². The summed E-state index contributed by atoms with van der Waals surface area (Å²) in [5.41, 5.74) is 5.19. The van der Waals surface area contributed by atoms with Gasteiger partial charge in [0.05, 0.1) is 22.8 Å². The summed E-state index contributed by atoms with van der Waals surface area (Å²) < 4.78 is 34.4. The van der Waals surface area contributed by atoms with Gasteiger partial charge in [0.2, 0.25) is 0 Å². The molecule has 2 aromatic rings. The quantitative estimate of drug-likeness (QED) is 0.367. The van der Waals surface area contributed by atoms with Crippen molar-refractivity contribution in [3.63, 3.8) is 0 Å². The highest BCUT2D eigenvalue weighted by Gasteiger charge is 2.76. The van der Waals surface area contributed by atoms with Gasteiger partial charge in [0, 0.05) is 28.0 Å². The van der Waals surface area contributed by atoms with Crippen LogP contribution in [0.15, 0.2) is 60.2 Å². The molecule has 238 valence electrons. The third-order valence-corrected chi connectivity index (χ3v) is 11.9. The fourth-order valence-corrected chi connectivity index (χ4v) is 9.81. The highest BCUT2D eigenvalue weighted by atomic mass is 35.5. The molecule has 7 rings (SSSR count). The molecule has 0 amide bonds. The monoisotopic (exact) mass is 637 g/mol. The van der Waals surface area contributed by atoms with Gasteiger partial charge in [-0.3, -0.25) is 9.59 Å². The first-order valence-corrected chi connectivity index (χ1v) is 15.9. The highest BCUT2D eigenvalue weighted by molar-refractivity contribution is 6.32. The molecule has 0 radical (unpaired) electrons. The van der Waals surface area contributed by atoms with Crippen molar-refractivity contribution in [2.45, 2.75) is 70.2 Å². The van der Waals surface area contributed by atoms with E-state index in [1.54, 1.807) is 18.2 Å². The van der Waals surface area contributed by atoms with E-state index in [-0.39, 0.29) is 52.9 Å². The van der Waals surface area contributed by atoms with Crippen molar-refractivity contribution in [2.75, 3.05) is 12.3 Å². The molecule has 0 bridgehead atoms. The molecule has 9 atom stereocenters. The van der Waals surface area contributed by atoms with Gasteiger partial charge >= 0.3 is 0 Å². The Morgan fingerprint density at radius 3 is 2.76 bits per heavy atom. The van der Waals surface area contributed by atoms with Crippen molar-refractivity contribution >= 4 is 28.9 Å². The van der Waals surface area contributed by atoms with Crippen LogP contribution in [0.4, 0.5) is 10.1 Å². The van der Waals surface area contributed by atoms with Gasteiger partial charge in [-0.25, -0.2) is 4.39 Å². The predicted octanol–water partition coefficient (Wildman–Crippen LogP) is 5.24. The van der Waals surface area contributed by atoms with E-state index in [9.17, 15) is 19.8 Å². The molecule has 8 nitrogen and oxygen atoms in total. The van der Waals surface area contributed by atoms with Crippen molar-refractivity contribution in [3.8, 4) is 5.75 Å². The molecule has 45 heavy (non-hydrogen) atoms. The number of halogens is 2. The Morgan fingerprint density at radius 1 is 1.22 bits per heavy atom. The maximum atomic E-state index is 15.5. The molecule has 10 heteroatoms. The number of aliphatic hydroxyl groups is 2. The summed E-state index contributed by atoms with van der Waals surface area (Å²) in [7, 11) is 0. The molecule has 4 N–H and O–H groups in total. The number of hydrogen-bond acceptors (Lipinski definition) is 8. The Labute approximate surface area is 266 Å². The number of carbonyl (C=O) groups is 2. The van der Waals surface area contributed by atoms with Crippen LogP contribution in [0.25, 0.3) is 0 Å². The van der Waals surface area contributed by atoms with Gasteiger partial charge in [0.1, 0.15) is 24.8 Å². The highest BCUT2D eigenvalue weighted by Crippen LogP contribution is 2.70. The van der Waals surface area contributed by atoms with Gasteiger partial charge in [0.15, 0.2) is 23.5 Å². The number of para-hydroxylation sites is 1. The lowest BCUT2D eigenvalue weighted by molar-refractivity contribution is -0.201. The Hall–Kier alpha value is -3.08. The molecule has 1 saturated heterocycles. The predicted molar refractivity (Wildman–Crippen MR) is 164 cm³/mol. The normalized spacial score (nSPS) is 38.2. The number of aliphatic hydroxyl groups excluding tert-OH is 2. The molecule has 0 unspecified atom stereocenters. The lowest BCUT2D eigenvalue weighted by atomic mass is 9.46. The van der Waals surface area contributed by atoms with Gasteiger partial charge in [0.25, 0.3) is 0 Å². The minimum atomic E-state index is -1.64. The molecule has 3 saturated carbocycles. The lowest BCUT2D eigenvalue weighted by Gasteiger charge is -2.59. The zero-order valence-electron chi connectivity index (χ0n) is 25.2. The molecule has 0 spiro atoms. The van der Waals surface area contributed by atoms with E-state index in [4.69, 9.17) is 31.5 Å². The zero-order valence-corrected chi connectivity index (χ0v) is 25.9. The zero-order chi connectivity index (χ0) is 31.9. The van der Waals surface area contributed by atoms with Crippen LogP contribution in [-0.2, 0) is 25.7 Å². The first-order chi connectivity index (χ1) is 21.4.